The Morgan fingerprint density at radius 1 is 0.750 bits per heavy atom. The van der Waals surface area contributed by atoms with Crippen molar-refractivity contribution in [2.45, 2.75) is 79.1 Å². The van der Waals surface area contributed by atoms with Gasteiger partial charge < -0.3 is 10.2 Å². The normalized spacial score (nSPS) is 15.2. The summed E-state index contributed by atoms with van der Waals surface area (Å²) in [6, 6.07) is 0. The minimum absolute atomic E-state index is 0.0552. The summed E-state index contributed by atoms with van der Waals surface area (Å²) in [6.45, 7) is 8.21. The lowest BCUT2D eigenvalue weighted by Crippen LogP contribution is -2.15. The van der Waals surface area contributed by atoms with E-state index in [1.165, 1.54) is 0 Å². The maximum Gasteiger partial charge on any atom is 0.336 e. The molecule has 0 saturated heterocycles. The summed E-state index contributed by atoms with van der Waals surface area (Å²) in [4.78, 5) is 23.4. The van der Waals surface area contributed by atoms with E-state index in [0.717, 1.165) is 51.4 Å². The highest BCUT2D eigenvalue weighted by Crippen LogP contribution is 2.24. The van der Waals surface area contributed by atoms with Crippen molar-refractivity contribution >= 4 is 11.9 Å². The summed E-state index contributed by atoms with van der Waals surface area (Å²) in [5.41, 5.74) is -0.110. The largest absolute Gasteiger partial charge is 0.478 e. The number of aliphatic carboxylic acids is 2. The number of carbonyl (C=O) groups is 2. The molecule has 0 spiro atoms. The summed E-state index contributed by atoms with van der Waals surface area (Å²) in [5.74, 6) is -2.09. The quantitative estimate of drug-likeness (QED) is 0.346. The van der Waals surface area contributed by atoms with E-state index < -0.39 is 11.9 Å². The molecule has 2 unspecified atom stereocenters. The van der Waals surface area contributed by atoms with E-state index in [1.807, 2.05) is 13.8 Å². The molecule has 0 aromatic heterocycles. The molecule has 2 atom stereocenters. The van der Waals surface area contributed by atoms with Gasteiger partial charge in [-0.1, -0.05) is 65.5 Å². The lowest BCUT2D eigenvalue weighted by atomic mass is 9.90. The van der Waals surface area contributed by atoms with E-state index in [-0.39, 0.29) is 23.0 Å². The molecule has 4 heteroatoms. The van der Waals surface area contributed by atoms with Gasteiger partial charge >= 0.3 is 11.9 Å². The van der Waals surface area contributed by atoms with Gasteiger partial charge in [-0.05, 0) is 37.5 Å². The molecule has 0 amide bonds. The van der Waals surface area contributed by atoms with Crippen LogP contribution in [0.25, 0.3) is 0 Å². The number of unbranched alkanes of at least 4 members (excludes halogenated alkanes) is 2. The van der Waals surface area contributed by atoms with Gasteiger partial charge in [0.15, 0.2) is 0 Å². The molecule has 0 aliphatic rings. The van der Waals surface area contributed by atoms with E-state index in [4.69, 9.17) is 0 Å². The van der Waals surface area contributed by atoms with Crippen LogP contribution in [0.5, 0.6) is 0 Å². The molecule has 138 valence electrons. The first-order valence-corrected chi connectivity index (χ1v) is 9.31. The Morgan fingerprint density at radius 3 is 1.29 bits per heavy atom. The van der Waals surface area contributed by atoms with Crippen LogP contribution in [0.3, 0.4) is 0 Å². The highest BCUT2D eigenvalue weighted by molar-refractivity contribution is 6.05. The van der Waals surface area contributed by atoms with E-state index >= 15 is 0 Å². The van der Waals surface area contributed by atoms with Gasteiger partial charge in [-0.15, -0.1) is 0 Å². The second-order valence-electron chi connectivity index (χ2n) is 6.39. The SMILES string of the molecule is CCCCC(C=C(C(=O)O)C(=CC(CC)CCCC)C(=O)O)CC. The molecule has 24 heavy (non-hydrogen) atoms. The number of carboxylic acids is 2. The van der Waals surface area contributed by atoms with Crippen molar-refractivity contribution in [1.82, 2.24) is 0 Å². The van der Waals surface area contributed by atoms with Crippen LogP contribution in [0.2, 0.25) is 0 Å². The maximum absolute atomic E-state index is 11.7. The third-order valence-electron chi connectivity index (χ3n) is 4.46. The van der Waals surface area contributed by atoms with Crippen LogP contribution in [-0.2, 0) is 9.59 Å². The van der Waals surface area contributed by atoms with Gasteiger partial charge in [0.1, 0.15) is 0 Å². The lowest BCUT2D eigenvalue weighted by molar-refractivity contribution is -0.136. The van der Waals surface area contributed by atoms with Gasteiger partial charge in [-0.3, -0.25) is 0 Å². The van der Waals surface area contributed by atoms with E-state index in [1.54, 1.807) is 12.2 Å². The van der Waals surface area contributed by atoms with Gasteiger partial charge in [0.25, 0.3) is 0 Å². The van der Waals surface area contributed by atoms with Gasteiger partial charge in [0.2, 0.25) is 0 Å². The summed E-state index contributed by atoms with van der Waals surface area (Å²) in [7, 11) is 0. The molecule has 0 heterocycles. The van der Waals surface area contributed by atoms with Crippen LogP contribution >= 0.6 is 0 Å². The monoisotopic (exact) mass is 338 g/mol. The van der Waals surface area contributed by atoms with Crippen molar-refractivity contribution in [2.75, 3.05) is 0 Å². The highest BCUT2D eigenvalue weighted by atomic mass is 16.4. The fraction of sp³-hybridized carbons (Fsp3) is 0.700. The Bertz CT molecular complexity index is 407. The van der Waals surface area contributed by atoms with Crippen molar-refractivity contribution in [3.8, 4) is 0 Å². The van der Waals surface area contributed by atoms with Crippen LogP contribution in [0, 0.1) is 11.8 Å². The third kappa shape index (κ3) is 8.32. The average molecular weight is 338 g/mol. The van der Waals surface area contributed by atoms with Crippen molar-refractivity contribution in [3.63, 3.8) is 0 Å². The third-order valence-corrected chi connectivity index (χ3v) is 4.46. The number of carboxylic acid groups (broad SMARTS) is 2. The maximum atomic E-state index is 11.7. The Kier molecular flexibility index (Phi) is 12.0. The summed E-state index contributed by atoms with van der Waals surface area (Å²) < 4.78 is 0. The summed E-state index contributed by atoms with van der Waals surface area (Å²) >= 11 is 0. The van der Waals surface area contributed by atoms with Gasteiger partial charge in [-0.2, -0.15) is 0 Å². The van der Waals surface area contributed by atoms with Crippen molar-refractivity contribution < 1.29 is 19.8 Å². The minimum Gasteiger partial charge on any atom is -0.478 e. The fourth-order valence-electron chi connectivity index (χ4n) is 2.77. The van der Waals surface area contributed by atoms with Crippen LogP contribution < -0.4 is 0 Å². The zero-order valence-corrected chi connectivity index (χ0v) is 15.7. The van der Waals surface area contributed by atoms with E-state index in [9.17, 15) is 19.8 Å². The van der Waals surface area contributed by atoms with Crippen LogP contribution in [0.4, 0.5) is 0 Å². The number of hydrogen-bond acceptors (Lipinski definition) is 2. The Hall–Kier alpha value is -1.58. The molecule has 2 N–H and O–H groups in total. The number of hydrogen-bond donors (Lipinski definition) is 2. The fourth-order valence-corrected chi connectivity index (χ4v) is 2.77. The van der Waals surface area contributed by atoms with Crippen molar-refractivity contribution in [3.05, 3.63) is 23.3 Å². The molecule has 0 aromatic rings. The van der Waals surface area contributed by atoms with Crippen LogP contribution in [-0.4, -0.2) is 22.2 Å². The minimum atomic E-state index is -1.15. The zero-order valence-electron chi connectivity index (χ0n) is 15.7. The standard InChI is InChI=1S/C20H34O4/c1-5-9-11-15(7-3)13-17(19(21)22)18(20(23)24)14-16(8-4)12-10-6-2/h13-16H,5-12H2,1-4H3,(H,21,22)(H,23,24). The topological polar surface area (TPSA) is 74.6 Å². The smallest absolute Gasteiger partial charge is 0.336 e. The molecule has 4 nitrogen and oxygen atoms in total. The van der Waals surface area contributed by atoms with Crippen LogP contribution in [0.15, 0.2) is 23.3 Å². The molecular weight excluding hydrogens is 304 g/mol. The molecule has 0 aliphatic heterocycles. The molecule has 0 rings (SSSR count). The molecule has 0 saturated carbocycles. The molecule has 0 fully saturated rings. The van der Waals surface area contributed by atoms with Crippen molar-refractivity contribution in [1.29, 1.82) is 0 Å². The lowest BCUT2D eigenvalue weighted by Gasteiger charge is -2.15. The predicted octanol–water partition coefficient (Wildman–Crippen LogP) is 5.44. The van der Waals surface area contributed by atoms with Gasteiger partial charge in [0, 0.05) is 0 Å². The second-order valence-corrected chi connectivity index (χ2v) is 6.39. The first kappa shape index (κ1) is 22.4. The zero-order chi connectivity index (χ0) is 18.5. The first-order chi connectivity index (χ1) is 11.4. The predicted molar refractivity (Wildman–Crippen MR) is 98.0 cm³/mol. The van der Waals surface area contributed by atoms with E-state index in [0.29, 0.717) is 0 Å². The molecule has 0 radical (unpaired) electrons. The number of rotatable bonds is 13. The van der Waals surface area contributed by atoms with Gasteiger partial charge in [-0.25, -0.2) is 9.59 Å². The molecule has 0 aliphatic carbocycles. The Morgan fingerprint density at radius 2 is 1.08 bits per heavy atom. The Labute approximate surface area is 146 Å². The summed E-state index contributed by atoms with van der Waals surface area (Å²) in [5, 5.41) is 19.1. The van der Waals surface area contributed by atoms with Crippen LogP contribution in [0.1, 0.15) is 79.1 Å². The molecular formula is C20H34O4. The molecule has 0 bridgehead atoms. The second kappa shape index (κ2) is 12.8. The number of allylic oxidation sites excluding steroid dienone is 2. The highest BCUT2D eigenvalue weighted by Gasteiger charge is 2.22. The van der Waals surface area contributed by atoms with Gasteiger partial charge in [0.05, 0.1) is 11.1 Å². The molecule has 0 aromatic carbocycles. The Balaban J connectivity index is 5.65. The summed E-state index contributed by atoms with van der Waals surface area (Å²) in [6.07, 6.45) is 10.9. The first-order valence-electron chi connectivity index (χ1n) is 9.31. The average Bonchev–Trinajstić information content (AvgIpc) is 2.55. The van der Waals surface area contributed by atoms with E-state index in [2.05, 4.69) is 13.8 Å². The van der Waals surface area contributed by atoms with Crippen molar-refractivity contribution in [2.24, 2.45) is 11.8 Å².